The summed E-state index contributed by atoms with van der Waals surface area (Å²) in [7, 11) is 0. The maximum absolute atomic E-state index is 9.34. The second-order valence-electron chi connectivity index (χ2n) is 2.26. The summed E-state index contributed by atoms with van der Waals surface area (Å²) >= 11 is 8.99. The quantitative estimate of drug-likeness (QED) is 0.794. The van der Waals surface area contributed by atoms with Gasteiger partial charge in [0.1, 0.15) is 5.75 Å². The number of rotatable bonds is 2. The summed E-state index contributed by atoms with van der Waals surface area (Å²) in [5, 5.41) is 10.7. The number of aromatic hydroxyl groups is 1. The van der Waals surface area contributed by atoms with Crippen LogP contribution in [0.4, 0.5) is 0 Å². The van der Waals surface area contributed by atoms with E-state index in [1.54, 1.807) is 18.2 Å². The van der Waals surface area contributed by atoms with Gasteiger partial charge in [0.2, 0.25) is 0 Å². The average molecular weight is 248 g/mol. The number of hydrogen-bond acceptors (Lipinski definition) is 1. The second-order valence-corrected chi connectivity index (χ2v) is 3.34. The van der Waals surface area contributed by atoms with Crippen molar-refractivity contribution in [3.8, 4) is 5.75 Å². The van der Waals surface area contributed by atoms with Crippen molar-refractivity contribution in [3.63, 3.8) is 0 Å². The molecule has 0 aliphatic heterocycles. The molecule has 0 aliphatic carbocycles. The highest BCUT2D eigenvalue weighted by atomic mass is 79.9. The summed E-state index contributed by atoms with van der Waals surface area (Å²) in [6, 6.07) is 4.95. The zero-order valence-corrected chi connectivity index (χ0v) is 8.64. The number of benzene rings is 1. The summed E-state index contributed by atoms with van der Waals surface area (Å²) in [6.45, 7) is 0. The molecule has 1 rings (SSSR count). The molecule has 64 valence electrons. The maximum Gasteiger partial charge on any atom is 0.122 e. The van der Waals surface area contributed by atoms with Crippen molar-refractivity contribution in [1.29, 1.82) is 0 Å². The Bertz CT molecular complexity index is 297. The average Bonchev–Trinajstić information content (AvgIpc) is 2.07. The SMILES string of the molecule is Oc1ccc(Cl)cc1C=CCBr. The van der Waals surface area contributed by atoms with Gasteiger partial charge in [0, 0.05) is 15.9 Å². The van der Waals surface area contributed by atoms with Crippen LogP contribution in [0, 0.1) is 0 Å². The van der Waals surface area contributed by atoms with Gasteiger partial charge in [-0.15, -0.1) is 0 Å². The lowest BCUT2D eigenvalue weighted by atomic mass is 10.2. The normalized spacial score (nSPS) is 10.8. The summed E-state index contributed by atoms with van der Waals surface area (Å²) in [5.74, 6) is 0.247. The van der Waals surface area contributed by atoms with Crippen LogP contribution in [-0.2, 0) is 0 Å². The fraction of sp³-hybridized carbons (Fsp3) is 0.111. The molecule has 1 N–H and O–H groups in total. The largest absolute Gasteiger partial charge is 0.507 e. The van der Waals surface area contributed by atoms with E-state index in [1.165, 1.54) is 0 Å². The number of halogens is 2. The van der Waals surface area contributed by atoms with Crippen LogP contribution in [-0.4, -0.2) is 10.4 Å². The molecule has 1 aromatic carbocycles. The highest BCUT2D eigenvalue weighted by Gasteiger charge is 1.96. The Morgan fingerprint density at radius 2 is 2.25 bits per heavy atom. The Morgan fingerprint density at radius 1 is 1.50 bits per heavy atom. The molecule has 0 heterocycles. The number of alkyl halides is 1. The van der Waals surface area contributed by atoms with Crippen molar-refractivity contribution in [2.45, 2.75) is 0 Å². The first kappa shape index (κ1) is 9.62. The summed E-state index contributed by atoms with van der Waals surface area (Å²) in [6.07, 6.45) is 3.71. The van der Waals surface area contributed by atoms with Crippen LogP contribution < -0.4 is 0 Å². The molecule has 0 aromatic heterocycles. The standard InChI is InChI=1S/C9H8BrClO/c10-5-1-2-7-6-8(11)3-4-9(7)12/h1-4,6,12H,5H2. The van der Waals surface area contributed by atoms with Crippen molar-refractivity contribution in [2.75, 3.05) is 5.33 Å². The minimum atomic E-state index is 0.247. The molecule has 1 nitrogen and oxygen atoms in total. The van der Waals surface area contributed by atoms with Crippen LogP contribution in [0.5, 0.6) is 5.75 Å². The van der Waals surface area contributed by atoms with E-state index in [0.29, 0.717) is 5.02 Å². The van der Waals surface area contributed by atoms with E-state index in [9.17, 15) is 5.11 Å². The third kappa shape index (κ3) is 2.54. The van der Waals surface area contributed by atoms with Crippen LogP contribution in [0.15, 0.2) is 24.3 Å². The third-order valence-electron chi connectivity index (χ3n) is 1.38. The lowest BCUT2D eigenvalue weighted by Crippen LogP contribution is -1.74. The fourth-order valence-electron chi connectivity index (χ4n) is 0.830. The molecule has 0 radical (unpaired) electrons. The van der Waals surface area contributed by atoms with Crippen LogP contribution in [0.2, 0.25) is 5.02 Å². The van der Waals surface area contributed by atoms with E-state index in [2.05, 4.69) is 15.9 Å². The predicted molar refractivity (Wildman–Crippen MR) is 55.9 cm³/mol. The van der Waals surface area contributed by atoms with Gasteiger partial charge in [-0.1, -0.05) is 39.7 Å². The molecule has 0 saturated carbocycles. The van der Waals surface area contributed by atoms with E-state index >= 15 is 0 Å². The van der Waals surface area contributed by atoms with Crippen molar-refractivity contribution in [3.05, 3.63) is 34.9 Å². The molecule has 0 saturated heterocycles. The number of allylic oxidation sites excluding steroid dienone is 1. The lowest BCUT2D eigenvalue weighted by Gasteiger charge is -1.98. The highest BCUT2D eigenvalue weighted by molar-refractivity contribution is 9.09. The summed E-state index contributed by atoms with van der Waals surface area (Å²) < 4.78 is 0. The van der Waals surface area contributed by atoms with Crippen molar-refractivity contribution < 1.29 is 5.11 Å². The van der Waals surface area contributed by atoms with Gasteiger partial charge in [0.05, 0.1) is 0 Å². The number of phenols is 1. The minimum absolute atomic E-state index is 0.247. The van der Waals surface area contributed by atoms with E-state index in [1.807, 2.05) is 12.2 Å². The molecule has 1 aromatic rings. The van der Waals surface area contributed by atoms with Crippen LogP contribution in [0.1, 0.15) is 5.56 Å². The van der Waals surface area contributed by atoms with Gasteiger partial charge in [-0.25, -0.2) is 0 Å². The fourth-order valence-corrected chi connectivity index (χ4v) is 1.20. The molecule has 0 bridgehead atoms. The number of hydrogen-bond donors (Lipinski definition) is 1. The van der Waals surface area contributed by atoms with E-state index in [4.69, 9.17) is 11.6 Å². The van der Waals surface area contributed by atoms with Crippen LogP contribution >= 0.6 is 27.5 Å². The van der Waals surface area contributed by atoms with Gasteiger partial charge in [-0.3, -0.25) is 0 Å². The topological polar surface area (TPSA) is 20.2 Å². The van der Waals surface area contributed by atoms with Gasteiger partial charge in [-0.05, 0) is 18.2 Å². The first-order chi connectivity index (χ1) is 5.74. The molecule has 0 fully saturated rings. The molecule has 3 heteroatoms. The highest BCUT2D eigenvalue weighted by Crippen LogP contribution is 2.22. The Labute approximate surface area is 84.8 Å². The molecular formula is C9H8BrClO. The smallest absolute Gasteiger partial charge is 0.122 e. The van der Waals surface area contributed by atoms with Gasteiger partial charge in [0.25, 0.3) is 0 Å². The van der Waals surface area contributed by atoms with E-state index < -0.39 is 0 Å². The molecule has 0 amide bonds. The predicted octanol–water partition coefficient (Wildman–Crippen LogP) is 3.45. The Morgan fingerprint density at radius 3 is 2.92 bits per heavy atom. The second kappa shape index (κ2) is 4.53. The zero-order valence-electron chi connectivity index (χ0n) is 6.30. The number of phenolic OH excluding ortho intramolecular Hbond substituents is 1. The minimum Gasteiger partial charge on any atom is -0.507 e. The van der Waals surface area contributed by atoms with Gasteiger partial charge < -0.3 is 5.11 Å². The lowest BCUT2D eigenvalue weighted by molar-refractivity contribution is 0.474. The third-order valence-corrected chi connectivity index (χ3v) is 1.98. The molecule has 0 unspecified atom stereocenters. The first-order valence-corrected chi connectivity index (χ1v) is 4.95. The maximum atomic E-state index is 9.34. The van der Waals surface area contributed by atoms with Gasteiger partial charge >= 0.3 is 0 Å². The summed E-state index contributed by atoms with van der Waals surface area (Å²) in [5.41, 5.74) is 0.738. The Kier molecular flexibility index (Phi) is 3.63. The Hall–Kier alpha value is -0.470. The molecule has 0 aliphatic rings. The van der Waals surface area contributed by atoms with Gasteiger partial charge in [-0.2, -0.15) is 0 Å². The van der Waals surface area contributed by atoms with Crippen molar-refractivity contribution in [2.24, 2.45) is 0 Å². The zero-order chi connectivity index (χ0) is 8.97. The first-order valence-electron chi connectivity index (χ1n) is 3.45. The van der Waals surface area contributed by atoms with Crippen LogP contribution in [0.25, 0.3) is 6.08 Å². The molecule has 12 heavy (non-hydrogen) atoms. The molecule has 0 spiro atoms. The molecule has 0 atom stereocenters. The Balaban J connectivity index is 2.97. The van der Waals surface area contributed by atoms with E-state index in [-0.39, 0.29) is 5.75 Å². The summed E-state index contributed by atoms with van der Waals surface area (Å²) in [4.78, 5) is 0. The van der Waals surface area contributed by atoms with Crippen molar-refractivity contribution in [1.82, 2.24) is 0 Å². The van der Waals surface area contributed by atoms with Crippen molar-refractivity contribution >= 4 is 33.6 Å². The van der Waals surface area contributed by atoms with E-state index in [0.717, 1.165) is 10.9 Å². The van der Waals surface area contributed by atoms with Gasteiger partial charge in [0.15, 0.2) is 0 Å². The monoisotopic (exact) mass is 246 g/mol. The molecular weight excluding hydrogens is 239 g/mol. The van der Waals surface area contributed by atoms with Crippen LogP contribution in [0.3, 0.4) is 0 Å².